The van der Waals surface area contributed by atoms with Crippen LogP contribution in [0.4, 0.5) is 0 Å². The molecule has 0 aliphatic rings. The number of carbonyl (C=O) groups is 1. The minimum absolute atomic E-state index is 0.0901. The van der Waals surface area contributed by atoms with Crippen molar-refractivity contribution >= 4 is 11.7 Å². The summed E-state index contributed by atoms with van der Waals surface area (Å²) >= 11 is 0. The molecule has 26 heavy (non-hydrogen) atoms. The summed E-state index contributed by atoms with van der Waals surface area (Å²) in [4.78, 5) is 17.7. The molecule has 0 amide bonds. The van der Waals surface area contributed by atoms with Crippen molar-refractivity contribution in [2.24, 2.45) is 10.9 Å². The highest BCUT2D eigenvalue weighted by atomic mass is 16.6. The smallest absolute Gasteiger partial charge is 0.331 e. The summed E-state index contributed by atoms with van der Waals surface area (Å²) in [5.74, 6) is -0.177. The number of aliphatic imine (C=N–C) groups is 1. The van der Waals surface area contributed by atoms with Crippen LogP contribution < -0.4 is 0 Å². The van der Waals surface area contributed by atoms with Crippen LogP contribution in [0.5, 0.6) is 0 Å². The fraction of sp³-hybridized carbons (Fsp3) is 0.391. The van der Waals surface area contributed by atoms with Gasteiger partial charge in [0, 0.05) is 11.1 Å². The maximum absolute atomic E-state index is 12.8. The maximum Gasteiger partial charge on any atom is 0.331 e. The molecule has 138 valence electrons. The Morgan fingerprint density at radius 3 is 1.81 bits per heavy atom. The van der Waals surface area contributed by atoms with E-state index in [1.807, 2.05) is 88.4 Å². The Kier molecular flexibility index (Phi) is 6.73. The Bertz CT molecular complexity index is 688. The standard InChI is InChI=1S/C23H29NO2/c1-6-17(2)20(22(25)26-23(3,4)5)24-21(18-13-9-7-10-14-18)19-15-11-8-12-16-19/h7-17,20H,6H2,1-5H3/t17-,20-/m0/s1. The molecule has 0 saturated heterocycles. The van der Waals surface area contributed by atoms with Crippen LogP contribution in [0.3, 0.4) is 0 Å². The third-order valence-corrected chi connectivity index (χ3v) is 4.19. The van der Waals surface area contributed by atoms with Gasteiger partial charge in [-0.25, -0.2) is 4.79 Å². The fourth-order valence-electron chi connectivity index (χ4n) is 2.64. The highest BCUT2D eigenvalue weighted by Gasteiger charge is 2.29. The van der Waals surface area contributed by atoms with Gasteiger partial charge < -0.3 is 4.74 Å². The molecule has 3 heteroatoms. The lowest BCUT2D eigenvalue weighted by Gasteiger charge is -2.25. The molecule has 0 aliphatic heterocycles. The first-order valence-electron chi connectivity index (χ1n) is 9.23. The summed E-state index contributed by atoms with van der Waals surface area (Å²) in [6, 6.07) is 19.5. The zero-order chi connectivity index (χ0) is 19.2. The molecule has 0 radical (unpaired) electrons. The molecule has 2 atom stereocenters. The Hall–Kier alpha value is -2.42. The molecule has 0 unspecified atom stereocenters. The van der Waals surface area contributed by atoms with E-state index < -0.39 is 11.6 Å². The molecule has 0 fully saturated rings. The molecule has 2 aromatic rings. The van der Waals surface area contributed by atoms with Gasteiger partial charge in [0.25, 0.3) is 0 Å². The second kappa shape index (κ2) is 8.79. The molecule has 0 spiro atoms. The quantitative estimate of drug-likeness (QED) is 0.524. The van der Waals surface area contributed by atoms with E-state index in [9.17, 15) is 4.79 Å². The van der Waals surface area contributed by atoms with Gasteiger partial charge in [-0.1, -0.05) is 80.9 Å². The highest BCUT2D eigenvalue weighted by molar-refractivity contribution is 6.13. The SMILES string of the molecule is CC[C@H](C)[C@H](N=C(c1ccccc1)c1ccccc1)C(=O)OC(C)(C)C. The normalized spacial score (nSPS) is 13.6. The van der Waals surface area contributed by atoms with Crippen molar-refractivity contribution < 1.29 is 9.53 Å². The number of rotatable bonds is 6. The first kappa shape index (κ1) is 19.9. The summed E-state index contributed by atoms with van der Waals surface area (Å²) in [7, 11) is 0. The molecular weight excluding hydrogens is 322 g/mol. The molecule has 0 heterocycles. The molecule has 0 bridgehead atoms. The van der Waals surface area contributed by atoms with Crippen LogP contribution in [0.25, 0.3) is 0 Å². The van der Waals surface area contributed by atoms with Crippen LogP contribution in [-0.4, -0.2) is 23.3 Å². The van der Waals surface area contributed by atoms with Crippen LogP contribution in [0, 0.1) is 5.92 Å². The predicted octanol–water partition coefficient (Wildman–Crippen LogP) is 5.28. The largest absolute Gasteiger partial charge is 0.458 e. The molecule has 3 nitrogen and oxygen atoms in total. The van der Waals surface area contributed by atoms with Crippen LogP contribution in [0.15, 0.2) is 65.7 Å². The maximum atomic E-state index is 12.8. The van der Waals surface area contributed by atoms with E-state index in [2.05, 4.69) is 6.92 Å². The van der Waals surface area contributed by atoms with E-state index in [4.69, 9.17) is 9.73 Å². The second-order valence-corrected chi connectivity index (χ2v) is 7.57. The minimum Gasteiger partial charge on any atom is -0.458 e. The summed E-state index contributed by atoms with van der Waals surface area (Å²) in [5, 5.41) is 0. The lowest BCUT2D eigenvalue weighted by Crippen LogP contribution is -2.35. The number of hydrogen-bond acceptors (Lipinski definition) is 3. The van der Waals surface area contributed by atoms with E-state index in [0.29, 0.717) is 0 Å². The average molecular weight is 351 g/mol. The fourth-order valence-corrected chi connectivity index (χ4v) is 2.64. The van der Waals surface area contributed by atoms with Gasteiger partial charge in [-0.05, 0) is 26.7 Å². The molecule has 0 aromatic heterocycles. The van der Waals surface area contributed by atoms with Gasteiger partial charge in [0.1, 0.15) is 5.60 Å². The Morgan fingerprint density at radius 2 is 1.42 bits per heavy atom. The molecule has 2 rings (SSSR count). The topological polar surface area (TPSA) is 38.7 Å². The zero-order valence-electron chi connectivity index (χ0n) is 16.4. The van der Waals surface area contributed by atoms with Gasteiger partial charge in [-0.3, -0.25) is 4.99 Å². The van der Waals surface area contributed by atoms with Crippen molar-refractivity contribution in [2.45, 2.75) is 52.7 Å². The molecule has 0 aliphatic carbocycles. The van der Waals surface area contributed by atoms with Gasteiger partial charge in [0.15, 0.2) is 6.04 Å². The average Bonchev–Trinajstić information content (AvgIpc) is 2.62. The van der Waals surface area contributed by atoms with Crippen LogP contribution in [0.2, 0.25) is 0 Å². The minimum atomic E-state index is -0.533. The number of nitrogens with zero attached hydrogens (tertiary/aromatic N) is 1. The van der Waals surface area contributed by atoms with Gasteiger partial charge >= 0.3 is 5.97 Å². The summed E-state index contributed by atoms with van der Waals surface area (Å²) in [5.41, 5.74) is 2.28. The van der Waals surface area contributed by atoms with Crippen molar-refractivity contribution in [3.8, 4) is 0 Å². The Balaban J connectivity index is 2.51. The van der Waals surface area contributed by atoms with E-state index in [1.165, 1.54) is 0 Å². The van der Waals surface area contributed by atoms with Crippen LogP contribution in [-0.2, 0) is 9.53 Å². The first-order chi connectivity index (χ1) is 12.3. The Morgan fingerprint density at radius 1 is 0.962 bits per heavy atom. The van der Waals surface area contributed by atoms with Crippen molar-refractivity contribution in [1.82, 2.24) is 0 Å². The third-order valence-electron chi connectivity index (χ3n) is 4.19. The third kappa shape index (κ3) is 5.55. The number of esters is 1. The summed E-state index contributed by atoms with van der Waals surface area (Å²) in [6.07, 6.45) is 0.851. The van der Waals surface area contributed by atoms with Gasteiger partial charge in [0.05, 0.1) is 5.71 Å². The van der Waals surface area contributed by atoms with Gasteiger partial charge in [-0.2, -0.15) is 0 Å². The first-order valence-corrected chi connectivity index (χ1v) is 9.23. The van der Waals surface area contributed by atoms with E-state index in [1.54, 1.807) is 0 Å². The lowest BCUT2D eigenvalue weighted by molar-refractivity contribution is -0.157. The van der Waals surface area contributed by atoms with E-state index >= 15 is 0 Å². The van der Waals surface area contributed by atoms with Crippen LogP contribution >= 0.6 is 0 Å². The molecule has 2 aromatic carbocycles. The summed E-state index contributed by atoms with van der Waals surface area (Å²) in [6.45, 7) is 9.78. The predicted molar refractivity (Wildman–Crippen MR) is 108 cm³/mol. The van der Waals surface area contributed by atoms with Gasteiger partial charge in [-0.15, -0.1) is 0 Å². The number of carbonyl (C=O) groups excluding carboxylic acids is 1. The highest BCUT2D eigenvalue weighted by Crippen LogP contribution is 2.20. The lowest BCUT2D eigenvalue weighted by atomic mass is 9.97. The van der Waals surface area contributed by atoms with Crippen molar-refractivity contribution in [3.05, 3.63) is 71.8 Å². The van der Waals surface area contributed by atoms with E-state index in [0.717, 1.165) is 23.3 Å². The zero-order valence-corrected chi connectivity index (χ0v) is 16.4. The molecular formula is C23H29NO2. The number of benzene rings is 2. The number of hydrogen-bond donors (Lipinski definition) is 0. The van der Waals surface area contributed by atoms with Crippen molar-refractivity contribution in [3.63, 3.8) is 0 Å². The summed E-state index contributed by atoms with van der Waals surface area (Å²) < 4.78 is 5.65. The monoisotopic (exact) mass is 351 g/mol. The van der Waals surface area contributed by atoms with Crippen LogP contribution in [0.1, 0.15) is 52.2 Å². The van der Waals surface area contributed by atoms with Crippen molar-refractivity contribution in [1.29, 1.82) is 0 Å². The number of ether oxygens (including phenoxy) is 1. The van der Waals surface area contributed by atoms with E-state index in [-0.39, 0.29) is 11.9 Å². The van der Waals surface area contributed by atoms with Crippen molar-refractivity contribution in [2.75, 3.05) is 0 Å². The molecule has 0 saturated carbocycles. The van der Waals surface area contributed by atoms with Gasteiger partial charge in [0.2, 0.25) is 0 Å². The molecule has 0 N–H and O–H groups in total. The second-order valence-electron chi connectivity index (χ2n) is 7.57. The Labute approximate surface area is 157 Å².